The van der Waals surface area contributed by atoms with E-state index in [0.717, 1.165) is 21.0 Å². The van der Waals surface area contributed by atoms with Gasteiger partial charge in [0.2, 0.25) is 0 Å². The molecule has 0 N–H and O–H groups in total. The standard InChI is InChI=1S/C21H20N4O3S/c1-21(13-14-5-2-3-6-15(14)18(26)28-21)19(27)24-9-11-25(12-10-24)20-23-16-7-4-8-22-17(16)29-20/h2-8H,9-13H2,1H3. The van der Waals surface area contributed by atoms with E-state index in [-0.39, 0.29) is 5.91 Å². The van der Waals surface area contributed by atoms with Crippen LogP contribution in [0.4, 0.5) is 5.13 Å². The molecule has 2 aliphatic heterocycles. The van der Waals surface area contributed by atoms with Gasteiger partial charge in [-0.2, -0.15) is 0 Å². The second kappa shape index (κ2) is 6.81. The summed E-state index contributed by atoms with van der Waals surface area (Å²) in [6.45, 7) is 4.22. The molecule has 7 nitrogen and oxygen atoms in total. The molecule has 1 aromatic carbocycles. The zero-order valence-corrected chi connectivity index (χ0v) is 16.8. The number of piperazine rings is 1. The molecule has 0 saturated carbocycles. The van der Waals surface area contributed by atoms with Gasteiger partial charge in [0.15, 0.2) is 10.7 Å². The van der Waals surface area contributed by atoms with Gasteiger partial charge in [0, 0.05) is 38.8 Å². The van der Waals surface area contributed by atoms with E-state index in [2.05, 4.69) is 14.9 Å². The Hall–Kier alpha value is -3.00. The number of carbonyl (C=O) groups is 2. The maximum Gasteiger partial charge on any atom is 0.339 e. The lowest BCUT2D eigenvalue weighted by atomic mass is 9.88. The van der Waals surface area contributed by atoms with Crippen molar-refractivity contribution in [2.45, 2.75) is 18.9 Å². The van der Waals surface area contributed by atoms with Crippen LogP contribution < -0.4 is 4.90 Å². The Kier molecular flexibility index (Phi) is 4.24. The van der Waals surface area contributed by atoms with Gasteiger partial charge in [0.1, 0.15) is 10.3 Å². The van der Waals surface area contributed by atoms with Crippen LogP contribution in [0.15, 0.2) is 42.6 Å². The van der Waals surface area contributed by atoms with E-state index in [1.54, 1.807) is 41.5 Å². The molecule has 29 heavy (non-hydrogen) atoms. The second-order valence-electron chi connectivity index (χ2n) is 7.56. The number of aromatic nitrogens is 2. The van der Waals surface area contributed by atoms with E-state index >= 15 is 0 Å². The molecule has 1 saturated heterocycles. The summed E-state index contributed by atoms with van der Waals surface area (Å²) in [6, 6.07) is 11.2. The van der Waals surface area contributed by atoms with Gasteiger partial charge < -0.3 is 14.5 Å². The topological polar surface area (TPSA) is 75.6 Å². The molecule has 4 heterocycles. The van der Waals surface area contributed by atoms with Crippen LogP contribution in [-0.4, -0.2) is 58.5 Å². The number of hydrogen-bond donors (Lipinski definition) is 0. The van der Waals surface area contributed by atoms with Crippen LogP contribution in [0.3, 0.4) is 0 Å². The highest BCUT2D eigenvalue weighted by atomic mass is 32.1. The van der Waals surface area contributed by atoms with E-state index in [0.29, 0.717) is 38.2 Å². The maximum absolute atomic E-state index is 13.2. The normalized spacial score (nSPS) is 21.8. The van der Waals surface area contributed by atoms with Crippen molar-refractivity contribution in [3.05, 3.63) is 53.7 Å². The molecular weight excluding hydrogens is 388 g/mol. The molecule has 0 bridgehead atoms. The third-order valence-electron chi connectivity index (χ3n) is 5.53. The quantitative estimate of drug-likeness (QED) is 0.607. The van der Waals surface area contributed by atoms with Crippen molar-refractivity contribution in [1.29, 1.82) is 0 Å². The number of fused-ring (bicyclic) bond motifs is 2. The van der Waals surface area contributed by atoms with Crippen molar-refractivity contribution in [2.24, 2.45) is 0 Å². The molecule has 1 fully saturated rings. The fraction of sp³-hybridized carbons (Fsp3) is 0.333. The number of thiazole rings is 1. The number of cyclic esters (lactones) is 1. The number of hydrogen-bond acceptors (Lipinski definition) is 7. The summed E-state index contributed by atoms with van der Waals surface area (Å²) in [4.78, 5) is 39.5. The van der Waals surface area contributed by atoms with Crippen molar-refractivity contribution >= 4 is 38.7 Å². The zero-order chi connectivity index (χ0) is 20.0. The molecule has 0 spiro atoms. The number of carbonyl (C=O) groups excluding carboxylic acids is 2. The fourth-order valence-corrected chi connectivity index (χ4v) is 4.94. The number of nitrogens with zero attached hydrogens (tertiary/aromatic N) is 4. The van der Waals surface area contributed by atoms with Gasteiger partial charge in [-0.05, 0) is 30.7 Å². The molecule has 1 atom stereocenters. The van der Waals surface area contributed by atoms with Crippen LogP contribution >= 0.6 is 11.3 Å². The Morgan fingerprint density at radius 3 is 2.72 bits per heavy atom. The van der Waals surface area contributed by atoms with Crippen LogP contribution in [0.25, 0.3) is 10.3 Å². The maximum atomic E-state index is 13.2. The molecule has 5 rings (SSSR count). The molecular formula is C21H20N4O3S. The Balaban J connectivity index is 1.29. The number of benzene rings is 1. The first-order chi connectivity index (χ1) is 14.0. The van der Waals surface area contributed by atoms with Crippen LogP contribution in [0.2, 0.25) is 0 Å². The number of anilines is 1. The lowest BCUT2D eigenvalue weighted by Crippen LogP contribution is -2.58. The van der Waals surface area contributed by atoms with Gasteiger partial charge in [-0.25, -0.2) is 14.8 Å². The number of pyridine rings is 1. The molecule has 0 aliphatic carbocycles. The number of amides is 1. The first-order valence-corrected chi connectivity index (χ1v) is 10.4. The summed E-state index contributed by atoms with van der Waals surface area (Å²) in [6.07, 6.45) is 2.17. The smallest absolute Gasteiger partial charge is 0.339 e. The Labute approximate surface area is 171 Å². The van der Waals surface area contributed by atoms with Crippen molar-refractivity contribution in [1.82, 2.24) is 14.9 Å². The van der Waals surface area contributed by atoms with Crippen LogP contribution in [-0.2, 0) is 16.0 Å². The first-order valence-electron chi connectivity index (χ1n) is 9.61. The largest absolute Gasteiger partial charge is 0.445 e. The zero-order valence-electron chi connectivity index (χ0n) is 16.0. The molecule has 8 heteroatoms. The van der Waals surface area contributed by atoms with Gasteiger partial charge in [0.05, 0.1) is 5.56 Å². The molecule has 0 radical (unpaired) electrons. The predicted octanol–water partition coefficient (Wildman–Crippen LogP) is 2.51. The molecule has 2 aliphatic rings. The fourth-order valence-electron chi connectivity index (χ4n) is 3.98. The molecule has 3 aromatic rings. The summed E-state index contributed by atoms with van der Waals surface area (Å²) in [5.41, 5.74) is 1.14. The Bertz CT molecular complexity index is 1070. The minimum atomic E-state index is -1.16. The molecule has 2 aromatic heterocycles. The molecule has 148 valence electrons. The molecule has 1 unspecified atom stereocenters. The van der Waals surface area contributed by atoms with E-state index in [1.165, 1.54) is 0 Å². The Morgan fingerprint density at radius 1 is 1.14 bits per heavy atom. The average Bonchev–Trinajstić information content (AvgIpc) is 3.17. The summed E-state index contributed by atoms with van der Waals surface area (Å²) in [5.74, 6) is -0.561. The summed E-state index contributed by atoms with van der Waals surface area (Å²) >= 11 is 1.56. The van der Waals surface area contributed by atoms with E-state index in [1.807, 2.05) is 24.3 Å². The third kappa shape index (κ3) is 3.13. The van der Waals surface area contributed by atoms with Crippen LogP contribution in [0, 0.1) is 0 Å². The summed E-state index contributed by atoms with van der Waals surface area (Å²) in [7, 11) is 0. The first kappa shape index (κ1) is 18.1. The third-order valence-corrected chi connectivity index (χ3v) is 6.57. The minimum Gasteiger partial charge on any atom is -0.445 e. The van der Waals surface area contributed by atoms with Gasteiger partial charge in [-0.1, -0.05) is 29.5 Å². The van der Waals surface area contributed by atoms with Crippen LogP contribution in [0.5, 0.6) is 0 Å². The lowest BCUT2D eigenvalue weighted by Gasteiger charge is -2.40. The van der Waals surface area contributed by atoms with Crippen molar-refractivity contribution < 1.29 is 14.3 Å². The highest BCUT2D eigenvalue weighted by molar-refractivity contribution is 7.21. The average molecular weight is 408 g/mol. The van der Waals surface area contributed by atoms with E-state index in [4.69, 9.17) is 4.74 Å². The van der Waals surface area contributed by atoms with Gasteiger partial charge in [-0.15, -0.1) is 0 Å². The van der Waals surface area contributed by atoms with Gasteiger partial charge in [0.25, 0.3) is 5.91 Å². The number of esters is 1. The Morgan fingerprint density at radius 2 is 1.93 bits per heavy atom. The lowest BCUT2D eigenvalue weighted by molar-refractivity contribution is -0.151. The number of rotatable bonds is 2. The summed E-state index contributed by atoms with van der Waals surface area (Å²) < 4.78 is 5.60. The minimum absolute atomic E-state index is 0.133. The monoisotopic (exact) mass is 408 g/mol. The summed E-state index contributed by atoms with van der Waals surface area (Å²) in [5, 5.41) is 0.926. The highest BCUT2D eigenvalue weighted by Crippen LogP contribution is 2.31. The van der Waals surface area contributed by atoms with E-state index in [9.17, 15) is 9.59 Å². The highest BCUT2D eigenvalue weighted by Gasteiger charge is 2.45. The molecule has 1 amide bonds. The number of ether oxygens (including phenoxy) is 1. The van der Waals surface area contributed by atoms with E-state index < -0.39 is 11.6 Å². The predicted molar refractivity (Wildman–Crippen MR) is 110 cm³/mol. The van der Waals surface area contributed by atoms with Crippen molar-refractivity contribution in [2.75, 3.05) is 31.1 Å². The van der Waals surface area contributed by atoms with Gasteiger partial charge in [-0.3, -0.25) is 4.79 Å². The van der Waals surface area contributed by atoms with Crippen LogP contribution in [0.1, 0.15) is 22.8 Å². The van der Waals surface area contributed by atoms with Crippen molar-refractivity contribution in [3.8, 4) is 0 Å². The van der Waals surface area contributed by atoms with Crippen molar-refractivity contribution in [3.63, 3.8) is 0 Å². The van der Waals surface area contributed by atoms with Gasteiger partial charge >= 0.3 is 5.97 Å². The SMILES string of the molecule is CC1(C(=O)N2CCN(c3nc4cccnc4s3)CC2)Cc2ccccc2C(=O)O1. The second-order valence-corrected chi connectivity index (χ2v) is 8.51.